The maximum atomic E-state index is 12.3. The largest absolute Gasteiger partial charge is 0.481 e. The van der Waals surface area contributed by atoms with Crippen LogP contribution in [0.2, 0.25) is 0 Å². The summed E-state index contributed by atoms with van der Waals surface area (Å²) in [5, 5.41) is 12.1. The van der Waals surface area contributed by atoms with E-state index < -0.39 is 5.97 Å². The molecule has 6 nitrogen and oxygen atoms in total. The number of likely N-dealkylation sites (tertiary alicyclic amines) is 1. The average molecular weight is 297 g/mol. The highest BCUT2D eigenvalue weighted by Gasteiger charge is 2.30. The van der Waals surface area contributed by atoms with Gasteiger partial charge in [0.15, 0.2) is 0 Å². The number of carboxylic acid groups (broad SMARTS) is 1. The molecule has 6 heteroatoms. The molecule has 0 radical (unpaired) electrons. The summed E-state index contributed by atoms with van der Waals surface area (Å²) < 4.78 is 0. The molecule has 120 valence electrons. The zero-order valence-electron chi connectivity index (χ0n) is 13.0. The number of carbonyl (C=O) groups excluding carboxylic acids is 1. The molecule has 2 N–H and O–H groups in total. The first-order chi connectivity index (χ1) is 9.97. The summed E-state index contributed by atoms with van der Waals surface area (Å²) in [6, 6.07) is 0.544. The minimum Gasteiger partial charge on any atom is -0.481 e. The number of carboxylic acids is 1. The number of urea groups is 1. The molecular weight excluding hydrogens is 270 g/mol. The SMILES string of the molecule is CN(C)C1CCN(C(=O)NC2CCCC(C(=O)O)C2)CC1. The molecule has 2 unspecified atom stereocenters. The quantitative estimate of drug-likeness (QED) is 0.825. The van der Waals surface area contributed by atoms with Crippen LogP contribution in [0.1, 0.15) is 38.5 Å². The lowest BCUT2D eigenvalue weighted by Crippen LogP contribution is -2.51. The first-order valence-electron chi connectivity index (χ1n) is 7.92. The van der Waals surface area contributed by atoms with Gasteiger partial charge in [0.05, 0.1) is 5.92 Å². The molecule has 2 rings (SSSR count). The Morgan fingerprint density at radius 3 is 2.38 bits per heavy atom. The Hall–Kier alpha value is -1.30. The maximum absolute atomic E-state index is 12.3. The molecule has 1 saturated carbocycles. The summed E-state index contributed by atoms with van der Waals surface area (Å²) in [5.74, 6) is -1.04. The Balaban J connectivity index is 1.78. The van der Waals surface area contributed by atoms with Gasteiger partial charge >= 0.3 is 12.0 Å². The topological polar surface area (TPSA) is 72.9 Å². The lowest BCUT2D eigenvalue weighted by Gasteiger charge is -2.36. The Morgan fingerprint density at radius 1 is 1.14 bits per heavy atom. The van der Waals surface area contributed by atoms with Crippen LogP contribution in [-0.4, -0.2) is 66.2 Å². The number of piperidine rings is 1. The molecule has 0 aromatic carbocycles. The Kier molecular flexibility index (Phi) is 5.45. The minimum atomic E-state index is -0.735. The fourth-order valence-corrected chi connectivity index (χ4v) is 3.40. The van der Waals surface area contributed by atoms with Gasteiger partial charge in [-0.05, 0) is 46.2 Å². The van der Waals surface area contributed by atoms with E-state index in [9.17, 15) is 9.59 Å². The molecule has 0 aromatic rings. The summed E-state index contributed by atoms with van der Waals surface area (Å²) in [4.78, 5) is 27.4. The average Bonchev–Trinajstić information content (AvgIpc) is 2.47. The number of nitrogens with one attached hydrogen (secondary N) is 1. The van der Waals surface area contributed by atoms with E-state index in [0.29, 0.717) is 12.5 Å². The molecule has 2 atom stereocenters. The Labute approximate surface area is 126 Å². The highest BCUT2D eigenvalue weighted by atomic mass is 16.4. The second-order valence-electron chi connectivity index (χ2n) is 6.53. The van der Waals surface area contributed by atoms with E-state index in [-0.39, 0.29) is 18.0 Å². The van der Waals surface area contributed by atoms with Crippen molar-refractivity contribution >= 4 is 12.0 Å². The van der Waals surface area contributed by atoms with E-state index in [0.717, 1.165) is 45.2 Å². The van der Waals surface area contributed by atoms with E-state index in [1.807, 2.05) is 4.90 Å². The van der Waals surface area contributed by atoms with Crippen molar-refractivity contribution in [1.29, 1.82) is 0 Å². The van der Waals surface area contributed by atoms with Gasteiger partial charge in [0, 0.05) is 25.2 Å². The van der Waals surface area contributed by atoms with Gasteiger partial charge in [-0.1, -0.05) is 6.42 Å². The van der Waals surface area contributed by atoms with Crippen LogP contribution in [0, 0.1) is 5.92 Å². The highest BCUT2D eigenvalue weighted by molar-refractivity contribution is 5.75. The molecule has 2 fully saturated rings. The van der Waals surface area contributed by atoms with Crippen LogP contribution >= 0.6 is 0 Å². The van der Waals surface area contributed by atoms with Crippen molar-refractivity contribution in [3.8, 4) is 0 Å². The van der Waals surface area contributed by atoms with Crippen LogP contribution in [0.4, 0.5) is 4.79 Å². The smallest absolute Gasteiger partial charge is 0.317 e. The molecule has 1 heterocycles. The van der Waals surface area contributed by atoms with Crippen molar-refractivity contribution in [2.75, 3.05) is 27.2 Å². The first-order valence-corrected chi connectivity index (χ1v) is 7.92. The lowest BCUT2D eigenvalue weighted by molar-refractivity contribution is -0.143. The third-order valence-electron chi connectivity index (χ3n) is 4.83. The fourth-order valence-electron chi connectivity index (χ4n) is 3.40. The van der Waals surface area contributed by atoms with Gasteiger partial charge in [0.1, 0.15) is 0 Å². The fraction of sp³-hybridized carbons (Fsp3) is 0.867. The van der Waals surface area contributed by atoms with E-state index in [1.54, 1.807) is 0 Å². The molecule has 1 aliphatic carbocycles. The minimum absolute atomic E-state index is 0.0129. The first kappa shape index (κ1) is 16.1. The number of amides is 2. The van der Waals surface area contributed by atoms with E-state index in [1.165, 1.54) is 0 Å². The number of nitrogens with zero attached hydrogens (tertiary/aromatic N) is 2. The molecule has 0 bridgehead atoms. The number of carbonyl (C=O) groups is 2. The van der Waals surface area contributed by atoms with Gasteiger partial charge in [-0.25, -0.2) is 4.79 Å². The van der Waals surface area contributed by atoms with Crippen molar-refractivity contribution in [3.05, 3.63) is 0 Å². The van der Waals surface area contributed by atoms with Gasteiger partial charge in [-0.3, -0.25) is 4.79 Å². The van der Waals surface area contributed by atoms with Crippen LogP contribution in [0.15, 0.2) is 0 Å². The van der Waals surface area contributed by atoms with Crippen molar-refractivity contribution in [2.45, 2.75) is 50.6 Å². The van der Waals surface area contributed by atoms with Crippen LogP contribution < -0.4 is 5.32 Å². The van der Waals surface area contributed by atoms with Crippen molar-refractivity contribution in [3.63, 3.8) is 0 Å². The van der Waals surface area contributed by atoms with Gasteiger partial charge in [-0.15, -0.1) is 0 Å². The van der Waals surface area contributed by atoms with Gasteiger partial charge in [-0.2, -0.15) is 0 Å². The van der Waals surface area contributed by atoms with Crippen molar-refractivity contribution in [2.24, 2.45) is 5.92 Å². The van der Waals surface area contributed by atoms with Gasteiger partial charge in [0.2, 0.25) is 0 Å². The predicted molar refractivity (Wildman–Crippen MR) is 80.2 cm³/mol. The lowest BCUT2D eigenvalue weighted by atomic mass is 9.86. The summed E-state index contributed by atoms with van der Waals surface area (Å²) in [6.45, 7) is 1.56. The van der Waals surface area contributed by atoms with Crippen LogP contribution in [0.25, 0.3) is 0 Å². The number of rotatable bonds is 3. The summed E-state index contributed by atoms with van der Waals surface area (Å²) in [6.07, 6.45) is 5.07. The van der Waals surface area contributed by atoms with Gasteiger partial charge < -0.3 is 20.2 Å². The Bertz CT molecular complexity index is 378. The van der Waals surface area contributed by atoms with Crippen LogP contribution in [0.5, 0.6) is 0 Å². The van der Waals surface area contributed by atoms with Crippen LogP contribution in [0.3, 0.4) is 0 Å². The van der Waals surface area contributed by atoms with E-state index >= 15 is 0 Å². The second kappa shape index (κ2) is 7.11. The molecule has 21 heavy (non-hydrogen) atoms. The monoisotopic (exact) mass is 297 g/mol. The highest BCUT2D eigenvalue weighted by Crippen LogP contribution is 2.25. The zero-order valence-corrected chi connectivity index (χ0v) is 13.0. The van der Waals surface area contributed by atoms with Crippen LogP contribution in [-0.2, 0) is 4.79 Å². The molecule has 0 spiro atoms. The summed E-state index contributed by atoms with van der Waals surface area (Å²) >= 11 is 0. The number of aliphatic carboxylic acids is 1. The van der Waals surface area contributed by atoms with E-state index in [2.05, 4.69) is 24.3 Å². The second-order valence-corrected chi connectivity index (χ2v) is 6.53. The normalized spacial score (nSPS) is 27.7. The maximum Gasteiger partial charge on any atom is 0.317 e. The third kappa shape index (κ3) is 4.33. The zero-order chi connectivity index (χ0) is 15.4. The Morgan fingerprint density at radius 2 is 1.81 bits per heavy atom. The standard InChI is InChI=1S/C15H27N3O3/c1-17(2)13-6-8-18(9-7-13)15(21)16-12-5-3-4-11(10-12)14(19)20/h11-13H,3-10H2,1-2H3,(H,16,21)(H,19,20). The summed E-state index contributed by atoms with van der Waals surface area (Å²) in [7, 11) is 4.16. The molecule has 2 amide bonds. The van der Waals surface area contributed by atoms with Crippen molar-refractivity contribution < 1.29 is 14.7 Å². The summed E-state index contributed by atoms with van der Waals surface area (Å²) in [5.41, 5.74) is 0. The van der Waals surface area contributed by atoms with Gasteiger partial charge in [0.25, 0.3) is 0 Å². The number of hydrogen-bond donors (Lipinski definition) is 2. The predicted octanol–water partition coefficient (Wildman–Crippen LogP) is 1.37. The van der Waals surface area contributed by atoms with Crippen molar-refractivity contribution in [1.82, 2.24) is 15.1 Å². The molecule has 0 aromatic heterocycles. The molecule has 1 aliphatic heterocycles. The molecule has 2 aliphatic rings. The number of hydrogen-bond acceptors (Lipinski definition) is 3. The van der Waals surface area contributed by atoms with E-state index in [4.69, 9.17) is 5.11 Å². The molecule has 1 saturated heterocycles. The molecular formula is C15H27N3O3. The third-order valence-corrected chi connectivity index (χ3v) is 4.83.